The molecule has 76 valence electrons. The van der Waals surface area contributed by atoms with Crippen LogP contribution >= 0.6 is 0 Å². The highest BCUT2D eigenvalue weighted by atomic mass is 19.1. The lowest BCUT2D eigenvalue weighted by atomic mass is 10.1. The van der Waals surface area contributed by atoms with Crippen molar-refractivity contribution in [3.8, 4) is 5.75 Å². The molecule has 0 bridgehead atoms. The molecule has 1 aromatic carbocycles. The summed E-state index contributed by atoms with van der Waals surface area (Å²) >= 11 is 0. The minimum Gasteiger partial charge on any atom is -0.493 e. The molecule has 1 aromatic rings. The highest BCUT2D eigenvalue weighted by Crippen LogP contribution is 2.22. The fourth-order valence-electron chi connectivity index (χ4n) is 1.15. The number of rotatable bonds is 3. The Morgan fingerprint density at radius 2 is 2.14 bits per heavy atom. The summed E-state index contributed by atoms with van der Waals surface area (Å²) < 4.78 is 22.4. The van der Waals surface area contributed by atoms with Crippen LogP contribution in [0, 0.1) is 5.82 Å². The Labute approximate surface area is 81.4 Å². The number of carbonyl (C=O) groups is 1. The summed E-state index contributed by atoms with van der Waals surface area (Å²) in [7, 11) is 2.65. The number of carbonyl (C=O) groups excluding carboxylic acids is 1. The van der Waals surface area contributed by atoms with Gasteiger partial charge in [-0.25, -0.2) is 4.39 Å². The average Bonchev–Trinajstić information content (AvgIpc) is 2.18. The third-order valence-corrected chi connectivity index (χ3v) is 1.82. The summed E-state index contributed by atoms with van der Waals surface area (Å²) in [5, 5.41) is 0. The van der Waals surface area contributed by atoms with Crippen LogP contribution in [0.4, 0.5) is 4.39 Å². The van der Waals surface area contributed by atoms with Crippen LogP contribution in [-0.4, -0.2) is 20.2 Å². The second-order valence-electron chi connectivity index (χ2n) is 2.69. The van der Waals surface area contributed by atoms with Gasteiger partial charge in [0, 0.05) is 5.56 Å². The molecular formula is C10H11FO3. The molecule has 0 spiro atoms. The molecule has 0 saturated heterocycles. The number of hydrogen-bond donors (Lipinski definition) is 0. The Morgan fingerprint density at radius 3 is 2.71 bits per heavy atom. The van der Waals surface area contributed by atoms with E-state index in [9.17, 15) is 9.18 Å². The SMILES string of the molecule is COC(=O)Cc1cccc(F)c1OC. The summed E-state index contributed by atoms with van der Waals surface area (Å²) in [5.41, 5.74) is 0.486. The maximum Gasteiger partial charge on any atom is 0.310 e. The molecule has 0 aliphatic rings. The number of hydrogen-bond acceptors (Lipinski definition) is 3. The number of esters is 1. The van der Waals surface area contributed by atoms with E-state index >= 15 is 0 Å². The summed E-state index contributed by atoms with van der Waals surface area (Å²) in [4.78, 5) is 11.0. The van der Waals surface area contributed by atoms with Crippen LogP contribution in [0.2, 0.25) is 0 Å². The van der Waals surface area contributed by atoms with Crippen molar-refractivity contribution in [2.24, 2.45) is 0 Å². The maximum atomic E-state index is 13.1. The van der Waals surface area contributed by atoms with Gasteiger partial charge in [0.05, 0.1) is 20.6 Å². The monoisotopic (exact) mass is 198 g/mol. The summed E-state index contributed by atoms with van der Waals surface area (Å²) in [6.07, 6.45) is 0.0113. The van der Waals surface area contributed by atoms with Crippen LogP contribution in [-0.2, 0) is 16.0 Å². The number of benzene rings is 1. The fraction of sp³-hybridized carbons (Fsp3) is 0.300. The maximum absolute atomic E-state index is 13.1. The number of halogens is 1. The first-order chi connectivity index (χ1) is 6.69. The van der Waals surface area contributed by atoms with Crippen molar-refractivity contribution in [3.05, 3.63) is 29.6 Å². The molecular weight excluding hydrogens is 187 g/mol. The zero-order valence-electron chi connectivity index (χ0n) is 8.04. The van der Waals surface area contributed by atoms with E-state index in [4.69, 9.17) is 4.74 Å². The van der Waals surface area contributed by atoms with Crippen molar-refractivity contribution in [2.75, 3.05) is 14.2 Å². The second-order valence-corrected chi connectivity index (χ2v) is 2.69. The molecule has 0 fully saturated rings. The van der Waals surface area contributed by atoms with Gasteiger partial charge in [0.1, 0.15) is 0 Å². The third-order valence-electron chi connectivity index (χ3n) is 1.82. The molecule has 4 heteroatoms. The number of para-hydroxylation sites is 1. The molecule has 0 aromatic heterocycles. The van der Waals surface area contributed by atoms with E-state index in [0.717, 1.165) is 0 Å². The lowest BCUT2D eigenvalue weighted by Crippen LogP contribution is -2.06. The van der Waals surface area contributed by atoms with E-state index in [2.05, 4.69) is 4.74 Å². The molecule has 0 saturated carbocycles. The first-order valence-electron chi connectivity index (χ1n) is 4.07. The zero-order chi connectivity index (χ0) is 10.6. The van der Waals surface area contributed by atoms with Gasteiger partial charge < -0.3 is 9.47 Å². The molecule has 0 aliphatic heterocycles. The van der Waals surface area contributed by atoms with E-state index in [1.54, 1.807) is 6.07 Å². The highest BCUT2D eigenvalue weighted by molar-refractivity contribution is 5.73. The van der Waals surface area contributed by atoms with Crippen molar-refractivity contribution >= 4 is 5.97 Å². The molecule has 0 atom stereocenters. The van der Waals surface area contributed by atoms with Crippen molar-refractivity contribution in [3.63, 3.8) is 0 Å². The highest BCUT2D eigenvalue weighted by Gasteiger charge is 2.11. The van der Waals surface area contributed by atoms with E-state index in [-0.39, 0.29) is 12.2 Å². The largest absolute Gasteiger partial charge is 0.493 e. The van der Waals surface area contributed by atoms with Crippen LogP contribution in [0.5, 0.6) is 5.75 Å². The standard InChI is InChI=1S/C10H11FO3/c1-13-9(12)6-7-4-3-5-8(11)10(7)14-2/h3-5H,6H2,1-2H3. The van der Waals surface area contributed by atoms with Gasteiger partial charge in [0.2, 0.25) is 0 Å². The summed E-state index contributed by atoms with van der Waals surface area (Å²) in [5.74, 6) is -0.805. The Morgan fingerprint density at radius 1 is 1.43 bits per heavy atom. The van der Waals surface area contributed by atoms with Crippen molar-refractivity contribution in [2.45, 2.75) is 6.42 Å². The molecule has 0 aliphatic carbocycles. The number of methoxy groups -OCH3 is 2. The van der Waals surface area contributed by atoms with Gasteiger partial charge in [0.15, 0.2) is 11.6 Å². The van der Waals surface area contributed by atoms with E-state index in [1.807, 2.05) is 0 Å². The minimum absolute atomic E-state index is 0.0113. The van der Waals surface area contributed by atoms with Gasteiger partial charge in [-0.1, -0.05) is 12.1 Å². The summed E-state index contributed by atoms with van der Waals surface area (Å²) in [6, 6.07) is 4.43. The first kappa shape index (κ1) is 10.5. The predicted octanol–water partition coefficient (Wildman–Crippen LogP) is 1.55. The molecule has 0 heterocycles. The van der Waals surface area contributed by atoms with Crippen molar-refractivity contribution < 1.29 is 18.7 Å². The van der Waals surface area contributed by atoms with Crippen LogP contribution in [0.15, 0.2) is 18.2 Å². The summed E-state index contributed by atoms with van der Waals surface area (Å²) in [6.45, 7) is 0. The first-order valence-corrected chi connectivity index (χ1v) is 4.07. The Bertz CT molecular complexity index is 336. The molecule has 0 N–H and O–H groups in total. The quantitative estimate of drug-likeness (QED) is 0.691. The van der Waals surface area contributed by atoms with Gasteiger partial charge in [0.25, 0.3) is 0 Å². The predicted molar refractivity (Wildman–Crippen MR) is 48.7 cm³/mol. The minimum atomic E-state index is -0.478. The van der Waals surface area contributed by atoms with Gasteiger partial charge >= 0.3 is 5.97 Å². The molecule has 14 heavy (non-hydrogen) atoms. The molecule has 0 radical (unpaired) electrons. The van der Waals surface area contributed by atoms with Crippen LogP contribution in [0.25, 0.3) is 0 Å². The van der Waals surface area contributed by atoms with Crippen molar-refractivity contribution in [1.82, 2.24) is 0 Å². The Balaban J connectivity index is 2.96. The average molecular weight is 198 g/mol. The smallest absolute Gasteiger partial charge is 0.310 e. The lowest BCUT2D eigenvalue weighted by molar-refractivity contribution is -0.139. The van der Waals surface area contributed by atoms with Crippen molar-refractivity contribution in [1.29, 1.82) is 0 Å². The third kappa shape index (κ3) is 2.22. The van der Waals surface area contributed by atoms with E-state index in [1.165, 1.54) is 26.4 Å². The lowest BCUT2D eigenvalue weighted by Gasteiger charge is -2.07. The zero-order valence-corrected chi connectivity index (χ0v) is 8.04. The molecule has 1 rings (SSSR count). The van der Waals surface area contributed by atoms with Gasteiger partial charge in [-0.3, -0.25) is 4.79 Å². The molecule has 0 unspecified atom stereocenters. The van der Waals surface area contributed by atoms with E-state index < -0.39 is 11.8 Å². The number of ether oxygens (including phenoxy) is 2. The Kier molecular flexibility index (Phi) is 3.45. The van der Waals surface area contributed by atoms with E-state index in [0.29, 0.717) is 5.56 Å². The van der Waals surface area contributed by atoms with Gasteiger partial charge in [-0.15, -0.1) is 0 Å². The van der Waals surface area contributed by atoms with Crippen LogP contribution < -0.4 is 4.74 Å². The topological polar surface area (TPSA) is 35.5 Å². The molecule has 0 amide bonds. The second kappa shape index (κ2) is 4.60. The normalized spacial score (nSPS) is 9.64. The Hall–Kier alpha value is -1.58. The van der Waals surface area contributed by atoms with Crippen LogP contribution in [0.3, 0.4) is 0 Å². The molecule has 3 nitrogen and oxygen atoms in total. The fourth-order valence-corrected chi connectivity index (χ4v) is 1.15. The van der Waals surface area contributed by atoms with Gasteiger partial charge in [-0.05, 0) is 6.07 Å². The van der Waals surface area contributed by atoms with Gasteiger partial charge in [-0.2, -0.15) is 0 Å². The van der Waals surface area contributed by atoms with Crippen LogP contribution in [0.1, 0.15) is 5.56 Å².